The topological polar surface area (TPSA) is 67.4 Å². The molecule has 2 N–H and O–H groups in total. The Hall–Kier alpha value is -1.10. The fourth-order valence-corrected chi connectivity index (χ4v) is 1.33. The van der Waals surface area contributed by atoms with Gasteiger partial charge >= 0.3 is 5.97 Å². The maximum atomic E-state index is 11.3. The van der Waals surface area contributed by atoms with Crippen LogP contribution in [0.2, 0.25) is 0 Å². The highest BCUT2D eigenvalue weighted by atomic mass is 16.5. The van der Waals surface area contributed by atoms with Crippen LogP contribution in [-0.4, -0.2) is 38.1 Å². The van der Waals surface area contributed by atoms with Gasteiger partial charge in [-0.2, -0.15) is 0 Å². The van der Waals surface area contributed by atoms with Gasteiger partial charge in [-0.3, -0.25) is 9.59 Å². The Kier molecular flexibility index (Phi) is 8.40. The van der Waals surface area contributed by atoms with Crippen LogP contribution in [-0.2, 0) is 14.3 Å². The summed E-state index contributed by atoms with van der Waals surface area (Å²) in [4.78, 5) is 22.6. The van der Waals surface area contributed by atoms with Crippen LogP contribution < -0.4 is 10.6 Å². The molecule has 0 radical (unpaired) electrons. The molecule has 0 aliphatic carbocycles. The lowest BCUT2D eigenvalue weighted by molar-refractivity contribution is -0.145. The molecule has 0 saturated carbocycles. The Balaban J connectivity index is 3.73. The fourth-order valence-electron chi connectivity index (χ4n) is 1.33. The van der Waals surface area contributed by atoms with Gasteiger partial charge in [-0.15, -0.1) is 0 Å². The molecule has 0 saturated heterocycles. The Morgan fingerprint density at radius 1 is 1.24 bits per heavy atom. The van der Waals surface area contributed by atoms with Gasteiger partial charge in [0.15, 0.2) is 0 Å². The van der Waals surface area contributed by atoms with Crippen molar-refractivity contribution in [3.8, 4) is 0 Å². The first kappa shape index (κ1) is 15.9. The number of hydrogen-bond acceptors (Lipinski definition) is 4. The largest absolute Gasteiger partial charge is 0.469 e. The summed E-state index contributed by atoms with van der Waals surface area (Å²) in [5.41, 5.74) is 0. The van der Waals surface area contributed by atoms with Crippen molar-refractivity contribution in [1.82, 2.24) is 10.6 Å². The molecule has 0 fully saturated rings. The SMILES string of the molecule is CCCNC(=O)CCNC(C)C(C)C(=O)OC. The zero-order valence-corrected chi connectivity index (χ0v) is 11.2. The summed E-state index contributed by atoms with van der Waals surface area (Å²) < 4.78 is 4.66. The van der Waals surface area contributed by atoms with Crippen molar-refractivity contribution < 1.29 is 14.3 Å². The van der Waals surface area contributed by atoms with E-state index in [-0.39, 0.29) is 23.8 Å². The number of nitrogens with one attached hydrogen (secondary N) is 2. The predicted octanol–water partition coefficient (Wildman–Crippen LogP) is 0.690. The lowest BCUT2D eigenvalue weighted by atomic mass is 10.0. The molecule has 1 amide bonds. The first-order valence-corrected chi connectivity index (χ1v) is 6.10. The van der Waals surface area contributed by atoms with E-state index >= 15 is 0 Å². The molecule has 0 heterocycles. The first-order chi connectivity index (χ1) is 8.02. The second-order valence-corrected chi connectivity index (χ2v) is 4.15. The molecule has 0 spiro atoms. The van der Waals surface area contributed by atoms with Crippen LogP contribution in [0.25, 0.3) is 0 Å². The van der Waals surface area contributed by atoms with E-state index in [4.69, 9.17) is 0 Å². The Morgan fingerprint density at radius 3 is 2.41 bits per heavy atom. The van der Waals surface area contributed by atoms with E-state index in [0.717, 1.165) is 6.42 Å². The van der Waals surface area contributed by atoms with E-state index < -0.39 is 0 Å². The van der Waals surface area contributed by atoms with Gasteiger partial charge in [-0.05, 0) is 13.3 Å². The van der Waals surface area contributed by atoms with Crippen molar-refractivity contribution in [3.63, 3.8) is 0 Å². The van der Waals surface area contributed by atoms with Crippen molar-refractivity contribution in [1.29, 1.82) is 0 Å². The smallest absolute Gasteiger partial charge is 0.309 e. The number of carbonyl (C=O) groups excluding carboxylic acids is 2. The zero-order chi connectivity index (χ0) is 13.3. The molecule has 0 aromatic rings. The van der Waals surface area contributed by atoms with E-state index in [1.54, 1.807) is 6.92 Å². The number of ether oxygens (including phenoxy) is 1. The maximum absolute atomic E-state index is 11.3. The number of carbonyl (C=O) groups is 2. The summed E-state index contributed by atoms with van der Waals surface area (Å²) in [5.74, 6) is -0.406. The standard InChI is InChI=1S/C12H24N2O3/c1-5-7-14-11(15)6-8-13-10(3)9(2)12(16)17-4/h9-10,13H,5-8H2,1-4H3,(H,14,15). The van der Waals surface area contributed by atoms with Gasteiger partial charge in [0.2, 0.25) is 5.91 Å². The highest BCUT2D eigenvalue weighted by Crippen LogP contribution is 2.04. The summed E-state index contributed by atoms with van der Waals surface area (Å²) >= 11 is 0. The summed E-state index contributed by atoms with van der Waals surface area (Å²) in [5, 5.41) is 5.94. The minimum atomic E-state index is -0.236. The van der Waals surface area contributed by atoms with Crippen molar-refractivity contribution >= 4 is 11.9 Å². The molecule has 2 unspecified atom stereocenters. The van der Waals surface area contributed by atoms with E-state index in [9.17, 15) is 9.59 Å². The second kappa shape index (κ2) is 8.98. The first-order valence-electron chi connectivity index (χ1n) is 6.10. The van der Waals surface area contributed by atoms with Crippen molar-refractivity contribution in [2.45, 2.75) is 39.7 Å². The van der Waals surface area contributed by atoms with E-state index in [1.807, 2.05) is 13.8 Å². The van der Waals surface area contributed by atoms with Crippen LogP contribution >= 0.6 is 0 Å². The molecule has 0 bridgehead atoms. The number of esters is 1. The molecule has 0 aliphatic rings. The highest BCUT2D eigenvalue weighted by molar-refractivity contribution is 5.76. The second-order valence-electron chi connectivity index (χ2n) is 4.15. The van der Waals surface area contributed by atoms with Gasteiger partial charge in [0.25, 0.3) is 0 Å². The molecule has 0 aromatic carbocycles. The average molecular weight is 244 g/mol. The Morgan fingerprint density at radius 2 is 1.88 bits per heavy atom. The van der Waals surface area contributed by atoms with Gasteiger partial charge in [0.1, 0.15) is 0 Å². The van der Waals surface area contributed by atoms with Crippen molar-refractivity contribution in [3.05, 3.63) is 0 Å². The molecular weight excluding hydrogens is 220 g/mol. The molecule has 17 heavy (non-hydrogen) atoms. The Bertz CT molecular complexity index is 244. The van der Waals surface area contributed by atoms with Gasteiger partial charge in [0, 0.05) is 25.6 Å². The van der Waals surface area contributed by atoms with Gasteiger partial charge in [-0.25, -0.2) is 0 Å². The average Bonchev–Trinajstić information content (AvgIpc) is 2.34. The molecular formula is C12H24N2O3. The van der Waals surface area contributed by atoms with Crippen LogP contribution in [0.1, 0.15) is 33.6 Å². The lowest BCUT2D eigenvalue weighted by Crippen LogP contribution is -2.38. The number of rotatable bonds is 8. The van der Waals surface area contributed by atoms with Crippen molar-refractivity contribution in [2.24, 2.45) is 5.92 Å². The Labute approximate surface area is 103 Å². The zero-order valence-electron chi connectivity index (χ0n) is 11.2. The van der Waals surface area contributed by atoms with Crippen LogP contribution in [0.3, 0.4) is 0 Å². The normalized spacial score (nSPS) is 13.9. The van der Waals surface area contributed by atoms with E-state index in [0.29, 0.717) is 19.5 Å². The molecule has 0 aliphatic heterocycles. The van der Waals surface area contributed by atoms with Gasteiger partial charge < -0.3 is 15.4 Å². The molecule has 5 heteroatoms. The van der Waals surface area contributed by atoms with Crippen LogP contribution in [0.15, 0.2) is 0 Å². The van der Waals surface area contributed by atoms with Crippen molar-refractivity contribution in [2.75, 3.05) is 20.2 Å². The van der Waals surface area contributed by atoms with Gasteiger partial charge in [0.05, 0.1) is 13.0 Å². The third-order valence-electron chi connectivity index (χ3n) is 2.71. The molecule has 5 nitrogen and oxygen atoms in total. The third kappa shape index (κ3) is 6.94. The third-order valence-corrected chi connectivity index (χ3v) is 2.71. The summed E-state index contributed by atoms with van der Waals surface area (Å²) in [7, 11) is 1.38. The number of methoxy groups -OCH3 is 1. The summed E-state index contributed by atoms with van der Waals surface area (Å²) in [6, 6.07) is 0.00132. The lowest BCUT2D eigenvalue weighted by Gasteiger charge is -2.19. The minimum Gasteiger partial charge on any atom is -0.469 e. The van der Waals surface area contributed by atoms with Crippen LogP contribution in [0.5, 0.6) is 0 Å². The van der Waals surface area contributed by atoms with Crippen LogP contribution in [0, 0.1) is 5.92 Å². The summed E-state index contributed by atoms with van der Waals surface area (Å²) in [6.07, 6.45) is 1.37. The number of amides is 1. The number of hydrogen-bond donors (Lipinski definition) is 2. The van der Waals surface area contributed by atoms with Crippen LogP contribution in [0.4, 0.5) is 0 Å². The quantitative estimate of drug-likeness (QED) is 0.616. The molecule has 0 rings (SSSR count). The predicted molar refractivity (Wildman–Crippen MR) is 66.6 cm³/mol. The monoisotopic (exact) mass is 244 g/mol. The molecule has 2 atom stereocenters. The fraction of sp³-hybridized carbons (Fsp3) is 0.833. The van der Waals surface area contributed by atoms with Gasteiger partial charge in [-0.1, -0.05) is 13.8 Å². The molecule has 0 aromatic heterocycles. The highest BCUT2D eigenvalue weighted by Gasteiger charge is 2.20. The summed E-state index contributed by atoms with van der Waals surface area (Å²) in [6.45, 7) is 7.01. The minimum absolute atomic E-state index is 0.00132. The van der Waals surface area contributed by atoms with E-state index in [2.05, 4.69) is 15.4 Å². The molecule has 100 valence electrons. The van der Waals surface area contributed by atoms with E-state index in [1.165, 1.54) is 7.11 Å². The maximum Gasteiger partial charge on any atom is 0.309 e.